The van der Waals surface area contributed by atoms with Gasteiger partial charge >= 0.3 is 0 Å². The van der Waals surface area contributed by atoms with Crippen LogP contribution in [0.4, 0.5) is 0 Å². The molecule has 0 saturated heterocycles. The minimum absolute atomic E-state index is 0.0624. The standard InChI is InChI=1S/C31H32N4O4/c1-31(2,3)30(37)35-16-14-21-12-13-24(17-25(21)28(35)22-9-5-4-6-10-22)38-20-27-34-26(19-39-27)29(36)33-18-23-11-7-8-15-32-23/h4-13,15,17,19,28H,14,16,18,20H2,1-3H3,(H,33,36). The Labute approximate surface area is 228 Å². The topological polar surface area (TPSA) is 97.6 Å². The number of benzene rings is 2. The lowest BCUT2D eigenvalue weighted by molar-refractivity contribution is -0.141. The van der Waals surface area contributed by atoms with Crippen LogP contribution in [0, 0.1) is 5.41 Å². The molecule has 1 aliphatic rings. The van der Waals surface area contributed by atoms with E-state index in [1.807, 2.05) is 74.2 Å². The molecule has 0 spiro atoms. The number of rotatable bonds is 7. The third kappa shape index (κ3) is 6.00. The van der Waals surface area contributed by atoms with Gasteiger partial charge in [-0.05, 0) is 47.4 Å². The van der Waals surface area contributed by atoms with Crippen LogP contribution in [0.5, 0.6) is 5.75 Å². The first kappa shape index (κ1) is 26.2. The fraction of sp³-hybridized carbons (Fsp3) is 0.290. The molecular weight excluding hydrogens is 492 g/mol. The van der Waals surface area contributed by atoms with Gasteiger partial charge in [0.1, 0.15) is 12.0 Å². The van der Waals surface area contributed by atoms with E-state index in [1.165, 1.54) is 11.8 Å². The van der Waals surface area contributed by atoms with Crippen LogP contribution >= 0.6 is 0 Å². The van der Waals surface area contributed by atoms with E-state index in [2.05, 4.69) is 33.5 Å². The van der Waals surface area contributed by atoms with Gasteiger partial charge in [-0.1, -0.05) is 63.2 Å². The molecule has 0 radical (unpaired) electrons. The number of nitrogens with zero attached hydrogens (tertiary/aromatic N) is 3. The lowest BCUT2D eigenvalue weighted by Gasteiger charge is -2.41. The highest BCUT2D eigenvalue weighted by atomic mass is 16.5. The van der Waals surface area contributed by atoms with E-state index in [1.54, 1.807) is 6.20 Å². The molecule has 0 bridgehead atoms. The van der Waals surface area contributed by atoms with Crippen molar-refractivity contribution in [3.8, 4) is 5.75 Å². The number of ether oxygens (including phenoxy) is 1. The van der Waals surface area contributed by atoms with Gasteiger partial charge in [0.05, 0.1) is 18.3 Å². The molecule has 2 aromatic heterocycles. The Morgan fingerprint density at radius 1 is 1.08 bits per heavy atom. The summed E-state index contributed by atoms with van der Waals surface area (Å²) in [6.07, 6.45) is 3.77. The van der Waals surface area contributed by atoms with Crippen LogP contribution in [0.15, 0.2) is 83.6 Å². The molecule has 1 N–H and O–H groups in total. The molecule has 4 aromatic rings. The van der Waals surface area contributed by atoms with Crippen molar-refractivity contribution in [2.45, 2.75) is 46.4 Å². The number of aromatic nitrogens is 2. The molecule has 200 valence electrons. The van der Waals surface area contributed by atoms with Crippen molar-refractivity contribution >= 4 is 11.8 Å². The Hall–Kier alpha value is -4.46. The number of hydrogen-bond donors (Lipinski definition) is 1. The summed E-state index contributed by atoms with van der Waals surface area (Å²) >= 11 is 0. The zero-order chi connectivity index (χ0) is 27.4. The van der Waals surface area contributed by atoms with Gasteiger partial charge in [0.25, 0.3) is 5.91 Å². The van der Waals surface area contributed by atoms with Crippen LogP contribution in [-0.4, -0.2) is 33.2 Å². The smallest absolute Gasteiger partial charge is 0.273 e. The summed E-state index contributed by atoms with van der Waals surface area (Å²) in [7, 11) is 0. The number of carbonyl (C=O) groups excluding carboxylic acids is 2. The van der Waals surface area contributed by atoms with E-state index in [9.17, 15) is 9.59 Å². The Kier molecular flexibility index (Phi) is 7.45. The van der Waals surface area contributed by atoms with Gasteiger partial charge in [-0.2, -0.15) is 0 Å². The molecule has 2 amide bonds. The summed E-state index contributed by atoms with van der Waals surface area (Å²) in [6, 6.07) is 21.4. The first-order valence-corrected chi connectivity index (χ1v) is 13.0. The average molecular weight is 525 g/mol. The maximum Gasteiger partial charge on any atom is 0.273 e. The maximum atomic E-state index is 13.4. The van der Waals surface area contributed by atoms with Gasteiger partial charge in [-0.25, -0.2) is 4.98 Å². The molecule has 1 unspecified atom stereocenters. The van der Waals surface area contributed by atoms with E-state index < -0.39 is 5.41 Å². The summed E-state index contributed by atoms with van der Waals surface area (Å²) in [6.45, 7) is 6.88. The van der Waals surface area contributed by atoms with Crippen molar-refractivity contribution in [2.24, 2.45) is 5.41 Å². The van der Waals surface area contributed by atoms with Crippen molar-refractivity contribution in [2.75, 3.05) is 6.54 Å². The summed E-state index contributed by atoms with van der Waals surface area (Å²) < 4.78 is 11.5. The quantitative estimate of drug-likeness (QED) is 0.361. The summed E-state index contributed by atoms with van der Waals surface area (Å²) in [5.74, 6) is 0.694. The Morgan fingerprint density at radius 2 is 1.87 bits per heavy atom. The fourth-order valence-electron chi connectivity index (χ4n) is 4.72. The fourth-order valence-corrected chi connectivity index (χ4v) is 4.72. The molecule has 0 saturated carbocycles. The largest absolute Gasteiger partial charge is 0.484 e. The second kappa shape index (κ2) is 11.1. The molecule has 3 heterocycles. The predicted molar refractivity (Wildman–Crippen MR) is 146 cm³/mol. The second-order valence-electron chi connectivity index (χ2n) is 10.6. The second-order valence-corrected chi connectivity index (χ2v) is 10.6. The number of hydrogen-bond acceptors (Lipinski definition) is 6. The average Bonchev–Trinajstić information content (AvgIpc) is 3.43. The first-order valence-electron chi connectivity index (χ1n) is 13.0. The van der Waals surface area contributed by atoms with Gasteiger partial charge in [-0.15, -0.1) is 0 Å². The third-order valence-electron chi connectivity index (χ3n) is 6.67. The van der Waals surface area contributed by atoms with E-state index in [-0.39, 0.29) is 30.2 Å². The summed E-state index contributed by atoms with van der Waals surface area (Å²) in [5, 5.41) is 2.78. The van der Waals surface area contributed by atoms with Gasteiger partial charge in [-0.3, -0.25) is 14.6 Å². The van der Waals surface area contributed by atoms with E-state index in [0.717, 1.165) is 23.2 Å². The van der Waals surface area contributed by atoms with Crippen LogP contribution in [0.1, 0.15) is 65.6 Å². The van der Waals surface area contributed by atoms with Crippen LogP contribution in [0.2, 0.25) is 0 Å². The number of amides is 2. The van der Waals surface area contributed by atoms with Crippen molar-refractivity contribution < 1.29 is 18.7 Å². The van der Waals surface area contributed by atoms with Gasteiger partial charge in [0.2, 0.25) is 11.8 Å². The Balaban J connectivity index is 1.31. The molecule has 5 rings (SSSR count). The van der Waals surface area contributed by atoms with Crippen LogP contribution in [0.3, 0.4) is 0 Å². The number of fused-ring (bicyclic) bond motifs is 1. The van der Waals surface area contributed by atoms with E-state index >= 15 is 0 Å². The van der Waals surface area contributed by atoms with Crippen LogP contribution < -0.4 is 10.1 Å². The monoisotopic (exact) mass is 524 g/mol. The van der Waals surface area contributed by atoms with Crippen LogP contribution in [0.25, 0.3) is 0 Å². The SMILES string of the molecule is CC(C)(C)C(=O)N1CCc2ccc(OCc3nc(C(=O)NCc4ccccn4)co3)cc2C1c1ccccc1. The molecule has 0 fully saturated rings. The molecule has 1 atom stereocenters. The summed E-state index contributed by atoms with van der Waals surface area (Å²) in [4.78, 5) is 36.3. The zero-order valence-electron chi connectivity index (χ0n) is 22.4. The third-order valence-corrected chi connectivity index (χ3v) is 6.67. The molecular formula is C31H32N4O4. The Morgan fingerprint density at radius 3 is 2.62 bits per heavy atom. The van der Waals surface area contributed by atoms with E-state index in [0.29, 0.717) is 24.7 Å². The number of nitrogens with one attached hydrogen (secondary N) is 1. The minimum atomic E-state index is -0.495. The summed E-state index contributed by atoms with van der Waals surface area (Å²) in [5.41, 5.74) is 3.73. The normalized spacial score (nSPS) is 14.9. The molecule has 2 aromatic carbocycles. The Bertz CT molecular complexity index is 1440. The molecule has 8 nitrogen and oxygen atoms in total. The zero-order valence-corrected chi connectivity index (χ0v) is 22.4. The molecule has 0 aliphatic carbocycles. The lowest BCUT2D eigenvalue weighted by Crippen LogP contribution is -2.45. The minimum Gasteiger partial charge on any atom is -0.484 e. The van der Waals surface area contributed by atoms with Crippen molar-refractivity contribution in [1.82, 2.24) is 20.2 Å². The number of pyridine rings is 1. The van der Waals surface area contributed by atoms with Gasteiger partial charge in [0, 0.05) is 18.2 Å². The first-order chi connectivity index (χ1) is 18.8. The highest BCUT2D eigenvalue weighted by Crippen LogP contribution is 2.39. The maximum absolute atomic E-state index is 13.4. The van der Waals surface area contributed by atoms with Crippen molar-refractivity contribution in [1.29, 1.82) is 0 Å². The van der Waals surface area contributed by atoms with Crippen molar-refractivity contribution in [3.05, 3.63) is 113 Å². The highest BCUT2D eigenvalue weighted by Gasteiger charge is 2.37. The molecule has 1 aliphatic heterocycles. The number of oxazole rings is 1. The molecule has 39 heavy (non-hydrogen) atoms. The van der Waals surface area contributed by atoms with Gasteiger partial charge < -0.3 is 19.4 Å². The molecule has 8 heteroatoms. The van der Waals surface area contributed by atoms with E-state index in [4.69, 9.17) is 9.15 Å². The number of carbonyl (C=O) groups is 2. The van der Waals surface area contributed by atoms with Crippen LogP contribution in [-0.2, 0) is 24.4 Å². The van der Waals surface area contributed by atoms with Gasteiger partial charge in [0.15, 0.2) is 12.3 Å². The highest BCUT2D eigenvalue weighted by molar-refractivity contribution is 5.91. The lowest BCUT2D eigenvalue weighted by atomic mass is 9.85. The van der Waals surface area contributed by atoms with Crippen molar-refractivity contribution in [3.63, 3.8) is 0 Å². The predicted octanol–water partition coefficient (Wildman–Crippen LogP) is 5.10.